The average Bonchev–Trinajstić information content (AvgIpc) is 3.98. The summed E-state index contributed by atoms with van der Waals surface area (Å²) in [4.78, 5) is 15.2. The average molecular weight is 790 g/mol. The molecule has 62 heavy (non-hydrogen) atoms. The smallest absolute Gasteiger partial charge is 0.164 e. The SMILES string of the molecule is c1ccc(-c2nc(-c3ccc(-c4ccc5c(c4)oc4ccccc45)cc3)nc(-c3ccc(-c4cccc5c4-c4ccccc4C54c5ccccc5-c5ccccc54)cc3)n2)cc1. The van der Waals surface area contributed by atoms with E-state index in [4.69, 9.17) is 19.4 Å². The molecule has 0 fully saturated rings. The summed E-state index contributed by atoms with van der Waals surface area (Å²) in [6, 6.07) is 75.7. The van der Waals surface area contributed by atoms with E-state index in [1.54, 1.807) is 0 Å². The lowest BCUT2D eigenvalue weighted by Gasteiger charge is -2.30. The Morgan fingerprint density at radius 1 is 0.290 bits per heavy atom. The van der Waals surface area contributed by atoms with E-state index in [-0.39, 0.29) is 5.41 Å². The highest BCUT2D eigenvalue weighted by atomic mass is 16.3. The van der Waals surface area contributed by atoms with Gasteiger partial charge in [-0.05, 0) is 85.0 Å². The molecule has 0 saturated carbocycles. The normalized spacial score (nSPS) is 13.0. The Hall–Kier alpha value is -8.21. The zero-order valence-corrected chi connectivity index (χ0v) is 33.5. The maximum atomic E-state index is 6.20. The molecule has 13 rings (SSSR count). The Balaban J connectivity index is 0.893. The van der Waals surface area contributed by atoms with Crippen LogP contribution < -0.4 is 0 Å². The van der Waals surface area contributed by atoms with Gasteiger partial charge in [0.1, 0.15) is 11.2 Å². The zero-order valence-electron chi connectivity index (χ0n) is 33.5. The molecule has 4 nitrogen and oxygen atoms in total. The van der Waals surface area contributed by atoms with Gasteiger partial charge in [0, 0.05) is 27.5 Å². The van der Waals surface area contributed by atoms with Crippen molar-refractivity contribution in [2.24, 2.45) is 0 Å². The quantitative estimate of drug-likeness (QED) is 0.174. The number of furan rings is 1. The van der Waals surface area contributed by atoms with Crippen molar-refractivity contribution >= 4 is 21.9 Å². The molecule has 0 saturated heterocycles. The van der Waals surface area contributed by atoms with Gasteiger partial charge < -0.3 is 4.42 Å². The molecule has 1 spiro atoms. The third kappa shape index (κ3) is 5.04. The Labute approximate surface area is 358 Å². The van der Waals surface area contributed by atoms with Crippen molar-refractivity contribution in [1.29, 1.82) is 0 Å². The van der Waals surface area contributed by atoms with E-state index >= 15 is 0 Å². The molecule has 9 aromatic carbocycles. The summed E-state index contributed by atoms with van der Waals surface area (Å²) in [6.45, 7) is 0. The van der Waals surface area contributed by atoms with Crippen molar-refractivity contribution in [1.82, 2.24) is 15.0 Å². The Bertz CT molecular complexity index is 3520. The first kappa shape index (κ1) is 34.6. The molecule has 288 valence electrons. The Morgan fingerprint density at radius 2 is 0.742 bits per heavy atom. The summed E-state index contributed by atoms with van der Waals surface area (Å²) in [5.41, 5.74) is 19.2. The van der Waals surface area contributed by atoms with Crippen LogP contribution in [0.15, 0.2) is 217 Å². The van der Waals surface area contributed by atoms with Gasteiger partial charge in [0.2, 0.25) is 0 Å². The fourth-order valence-electron chi connectivity index (χ4n) is 10.3. The molecule has 2 aliphatic carbocycles. The number of hydrogen-bond acceptors (Lipinski definition) is 4. The number of nitrogens with zero attached hydrogens (tertiary/aromatic N) is 3. The first-order chi connectivity index (χ1) is 30.7. The number of aromatic nitrogens is 3. The van der Waals surface area contributed by atoms with Crippen molar-refractivity contribution in [3.05, 3.63) is 235 Å². The molecule has 0 unspecified atom stereocenters. The number of benzene rings is 9. The van der Waals surface area contributed by atoms with Crippen LogP contribution in [0.3, 0.4) is 0 Å². The van der Waals surface area contributed by atoms with Crippen molar-refractivity contribution < 1.29 is 4.42 Å². The zero-order chi connectivity index (χ0) is 40.8. The summed E-state index contributed by atoms with van der Waals surface area (Å²) < 4.78 is 6.20. The monoisotopic (exact) mass is 789 g/mol. The number of fused-ring (bicyclic) bond motifs is 13. The predicted octanol–water partition coefficient (Wildman–Crippen LogP) is 14.4. The molecule has 0 radical (unpaired) electrons. The van der Waals surface area contributed by atoms with Gasteiger partial charge >= 0.3 is 0 Å². The second-order valence-electron chi connectivity index (χ2n) is 16.3. The molecule has 0 N–H and O–H groups in total. The highest BCUT2D eigenvalue weighted by molar-refractivity contribution is 6.06. The number of para-hydroxylation sites is 1. The lowest BCUT2D eigenvalue weighted by Crippen LogP contribution is -2.25. The topological polar surface area (TPSA) is 51.8 Å². The van der Waals surface area contributed by atoms with E-state index in [1.165, 1.54) is 50.1 Å². The molecule has 2 aromatic heterocycles. The van der Waals surface area contributed by atoms with Crippen molar-refractivity contribution in [2.75, 3.05) is 0 Å². The lowest BCUT2D eigenvalue weighted by atomic mass is 9.70. The Kier molecular flexibility index (Phi) is 7.49. The van der Waals surface area contributed by atoms with Crippen LogP contribution in [0, 0.1) is 0 Å². The van der Waals surface area contributed by atoms with Crippen LogP contribution in [0.2, 0.25) is 0 Å². The first-order valence-corrected chi connectivity index (χ1v) is 21.1. The van der Waals surface area contributed by atoms with Gasteiger partial charge in [0.25, 0.3) is 0 Å². The maximum absolute atomic E-state index is 6.20. The second-order valence-corrected chi connectivity index (χ2v) is 16.3. The van der Waals surface area contributed by atoms with Crippen LogP contribution in [0.5, 0.6) is 0 Å². The molecule has 0 bridgehead atoms. The summed E-state index contributed by atoms with van der Waals surface area (Å²) in [5, 5.41) is 2.25. The molecule has 11 aromatic rings. The predicted molar refractivity (Wildman–Crippen MR) is 251 cm³/mol. The molecule has 0 atom stereocenters. The minimum atomic E-state index is -0.384. The molecule has 2 aliphatic rings. The van der Waals surface area contributed by atoms with Gasteiger partial charge in [-0.15, -0.1) is 0 Å². The van der Waals surface area contributed by atoms with E-state index in [0.717, 1.165) is 55.3 Å². The highest BCUT2D eigenvalue weighted by Gasteiger charge is 2.51. The molecule has 2 heterocycles. The van der Waals surface area contributed by atoms with Crippen LogP contribution in [-0.2, 0) is 5.41 Å². The summed E-state index contributed by atoms with van der Waals surface area (Å²) in [5.74, 6) is 1.88. The van der Waals surface area contributed by atoms with Gasteiger partial charge in [0.05, 0.1) is 5.41 Å². The second kappa shape index (κ2) is 13.4. The van der Waals surface area contributed by atoms with Crippen molar-refractivity contribution in [2.45, 2.75) is 5.41 Å². The van der Waals surface area contributed by atoms with Gasteiger partial charge in [-0.2, -0.15) is 0 Å². The van der Waals surface area contributed by atoms with Crippen LogP contribution in [0.1, 0.15) is 22.3 Å². The number of rotatable bonds is 5. The third-order valence-electron chi connectivity index (χ3n) is 13.0. The van der Waals surface area contributed by atoms with Crippen LogP contribution >= 0.6 is 0 Å². The van der Waals surface area contributed by atoms with Crippen molar-refractivity contribution in [3.8, 4) is 78.7 Å². The Morgan fingerprint density at radius 3 is 1.40 bits per heavy atom. The largest absolute Gasteiger partial charge is 0.456 e. The molecule has 0 amide bonds. The van der Waals surface area contributed by atoms with Gasteiger partial charge in [-0.3, -0.25) is 0 Å². The standard InChI is InChI=1S/C58H35N3O/c1-2-13-38(14-3-1)55-59-56(39-29-25-36(26-30-39)41-33-34-46-45-17-7-11-24-52(45)62-53(46)35-41)61-57(60-55)40-31-27-37(28-32-40)42-19-12-23-51-54(42)47-18-6-10-22-50(47)58(51)48-20-8-4-15-43(48)44-16-5-9-21-49(44)58/h1-35H. The van der Waals surface area contributed by atoms with E-state index in [1.807, 2.05) is 48.5 Å². The van der Waals surface area contributed by atoms with Crippen LogP contribution in [-0.4, -0.2) is 15.0 Å². The van der Waals surface area contributed by atoms with E-state index in [9.17, 15) is 0 Å². The van der Waals surface area contributed by atoms with Crippen LogP contribution in [0.4, 0.5) is 0 Å². The first-order valence-electron chi connectivity index (χ1n) is 21.1. The van der Waals surface area contributed by atoms with Crippen LogP contribution in [0.25, 0.3) is 101 Å². The summed E-state index contributed by atoms with van der Waals surface area (Å²) in [7, 11) is 0. The third-order valence-corrected chi connectivity index (χ3v) is 13.0. The van der Waals surface area contributed by atoms with Gasteiger partial charge in [0.15, 0.2) is 17.5 Å². The van der Waals surface area contributed by atoms with Crippen molar-refractivity contribution in [3.63, 3.8) is 0 Å². The molecular formula is C58H35N3O. The van der Waals surface area contributed by atoms with Gasteiger partial charge in [-0.25, -0.2) is 15.0 Å². The minimum Gasteiger partial charge on any atom is -0.456 e. The summed E-state index contributed by atoms with van der Waals surface area (Å²) in [6.07, 6.45) is 0. The minimum absolute atomic E-state index is 0.384. The van der Waals surface area contributed by atoms with E-state index < -0.39 is 0 Å². The fourth-order valence-corrected chi connectivity index (χ4v) is 10.3. The maximum Gasteiger partial charge on any atom is 0.164 e. The fraction of sp³-hybridized carbons (Fsp3) is 0.0172. The lowest BCUT2D eigenvalue weighted by molar-refractivity contribution is 0.669. The number of hydrogen-bond donors (Lipinski definition) is 0. The molecule has 4 heteroatoms. The molecular weight excluding hydrogens is 755 g/mol. The van der Waals surface area contributed by atoms with E-state index in [0.29, 0.717) is 17.5 Å². The summed E-state index contributed by atoms with van der Waals surface area (Å²) >= 11 is 0. The highest BCUT2D eigenvalue weighted by Crippen LogP contribution is 2.63. The van der Waals surface area contributed by atoms with E-state index in [2.05, 4.69) is 164 Å². The van der Waals surface area contributed by atoms with Gasteiger partial charge in [-0.1, -0.05) is 194 Å². The molecule has 0 aliphatic heterocycles.